The van der Waals surface area contributed by atoms with Crippen LogP contribution in [0.3, 0.4) is 0 Å². The Morgan fingerprint density at radius 3 is 1.59 bits per heavy atom. The van der Waals surface area contributed by atoms with Crippen LogP contribution in [0.5, 0.6) is 0 Å². The normalized spacial score (nSPS) is 12.8. The third kappa shape index (κ3) is 6.00. The Kier molecular flexibility index (Phi) is 8.73. The fourth-order valence-corrected chi connectivity index (χ4v) is 11.1. The molecule has 0 atom stereocenters. The summed E-state index contributed by atoms with van der Waals surface area (Å²) < 4.78 is 9.11. The van der Waals surface area contributed by atoms with Gasteiger partial charge in [-0.2, -0.15) is 0 Å². The van der Waals surface area contributed by atoms with Crippen molar-refractivity contribution in [2.75, 3.05) is 0 Å². The summed E-state index contributed by atoms with van der Waals surface area (Å²) in [5, 5.41) is 4.53. The number of benzene rings is 10. The topological polar surface area (TPSA) is 56.7 Å². The van der Waals surface area contributed by atoms with E-state index in [1.54, 1.807) is 0 Å². The highest BCUT2D eigenvalue weighted by atomic mass is 16.3. The molecule has 5 nitrogen and oxygen atoms in total. The van der Waals surface area contributed by atoms with Crippen LogP contribution in [0.4, 0.5) is 0 Å². The third-order valence-corrected chi connectivity index (χ3v) is 14.1. The lowest BCUT2D eigenvalue weighted by molar-refractivity contribution is 0.669. The van der Waals surface area contributed by atoms with Gasteiger partial charge in [0.05, 0.1) is 16.4 Å². The van der Waals surface area contributed by atoms with E-state index in [2.05, 4.69) is 229 Å². The van der Waals surface area contributed by atoms with Gasteiger partial charge in [-0.15, -0.1) is 0 Å². The van der Waals surface area contributed by atoms with Gasteiger partial charge in [0.1, 0.15) is 11.2 Å². The van der Waals surface area contributed by atoms with Crippen LogP contribution >= 0.6 is 0 Å². The van der Waals surface area contributed by atoms with E-state index in [-0.39, 0.29) is 0 Å². The van der Waals surface area contributed by atoms with Crippen LogP contribution in [0.15, 0.2) is 247 Å². The number of fused-ring (bicyclic) bond motifs is 9. The molecule has 0 bridgehead atoms. The van der Waals surface area contributed by atoms with E-state index in [1.807, 2.05) is 18.2 Å². The van der Waals surface area contributed by atoms with E-state index < -0.39 is 5.41 Å². The Labute approximate surface area is 398 Å². The van der Waals surface area contributed by atoms with Crippen molar-refractivity contribution >= 4 is 43.7 Å². The molecule has 3 heterocycles. The van der Waals surface area contributed by atoms with E-state index in [0.29, 0.717) is 17.5 Å². The van der Waals surface area contributed by atoms with Crippen LogP contribution in [-0.4, -0.2) is 19.5 Å². The fourth-order valence-electron chi connectivity index (χ4n) is 11.1. The van der Waals surface area contributed by atoms with Crippen molar-refractivity contribution in [3.05, 3.63) is 265 Å². The summed E-state index contributed by atoms with van der Waals surface area (Å²) in [6.07, 6.45) is 0. The molecule has 1 aliphatic carbocycles. The maximum Gasteiger partial charge on any atom is 0.164 e. The molecule has 10 aromatic carbocycles. The maximum absolute atomic E-state index is 6.76. The summed E-state index contributed by atoms with van der Waals surface area (Å²) in [5.74, 6) is 1.79. The number of furan rings is 1. The van der Waals surface area contributed by atoms with Gasteiger partial charge in [-0.3, -0.25) is 0 Å². The smallest absolute Gasteiger partial charge is 0.164 e. The van der Waals surface area contributed by atoms with Gasteiger partial charge in [-0.25, -0.2) is 15.0 Å². The van der Waals surface area contributed by atoms with Crippen molar-refractivity contribution in [3.8, 4) is 62.1 Å². The van der Waals surface area contributed by atoms with Crippen LogP contribution in [-0.2, 0) is 5.41 Å². The van der Waals surface area contributed by atoms with Crippen molar-refractivity contribution in [2.24, 2.45) is 0 Å². The van der Waals surface area contributed by atoms with Crippen LogP contribution in [0.2, 0.25) is 0 Å². The zero-order valence-electron chi connectivity index (χ0n) is 37.3. The summed E-state index contributed by atoms with van der Waals surface area (Å²) in [6.45, 7) is 0. The number of rotatable bonds is 7. The van der Waals surface area contributed by atoms with Crippen LogP contribution in [0.1, 0.15) is 22.3 Å². The van der Waals surface area contributed by atoms with Gasteiger partial charge >= 0.3 is 0 Å². The van der Waals surface area contributed by atoms with Gasteiger partial charge < -0.3 is 8.98 Å². The summed E-state index contributed by atoms with van der Waals surface area (Å²) in [4.78, 5) is 15.8. The molecule has 69 heavy (non-hydrogen) atoms. The molecule has 0 unspecified atom stereocenters. The lowest BCUT2D eigenvalue weighted by atomic mass is 9.67. The molecule has 0 radical (unpaired) electrons. The number of hydrogen-bond donors (Lipinski definition) is 0. The van der Waals surface area contributed by atoms with E-state index in [0.717, 1.165) is 61.0 Å². The minimum Gasteiger partial charge on any atom is -0.456 e. The molecule has 0 aliphatic heterocycles. The molecule has 0 saturated carbocycles. The van der Waals surface area contributed by atoms with Crippen molar-refractivity contribution in [1.29, 1.82) is 0 Å². The molecule has 322 valence electrons. The second kappa shape index (κ2) is 15.4. The fraction of sp³-hybridized carbons (Fsp3) is 0.0156. The molecule has 14 rings (SSSR count). The van der Waals surface area contributed by atoms with Crippen LogP contribution < -0.4 is 0 Å². The second-order valence-electron chi connectivity index (χ2n) is 17.9. The molecule has 13 aromatic rings. The molecule has 0 amide bonds. The number of hydrogen-bond acceptors (Lipinski definition) is 4. The van der Waals surface area contributed by atoms with Gasteiger partial charge in [0.15, 0.2) is 17.5 Å². The molecule has 3 aromatic heterocycles. The minimum atomic E-state index is -0.551. The highest BCUT2D eigenvalue weighted by Gasteiger charge is 2.47. The second-order valence-corrected chi connectivity index (χ2v) is 17.9. The first-order valence-electron chi connectivity index (χ1n) is 23.4. The quantitative estimate of drug-likeness (QED) is 0.160. The number of aromatic nitrogens is 4. The zero-order valence-corrected chi connectivity index (χ0v) is 37.3. The monoisotopic (exact) mass is 880 g/mol. The molecular formula is C64H40N4O. The predicted octanol–water partition coefficient (Wildman–Crippen LogP) is 15.9. The average Bonchev–Trinajstić information content (AvgIpc) is 4.07. The Bertz CT molecular complexity index is 4080. The summed E-state index contributed by atoms with van der Waals surface area (Å²) in [7, 11) is 0. The summed E-state index contributed by atoms with van der Waals surface area (Å²) >= 11 is 0. The van der Waals surface area contributed by atoms with Gasteiger partial charge in [-0.1, -0.05) is 188 Å². The van der Waals surface area contributed by atoms with E-state index in [9.17, 15) is 0 Å². The maximum atomic E-state index is 6.76. The average molecular weight is 881 g/mol. The summed E-state index contributed by atoms with van der Waals surface area (Å²) in [5.41, 5.74) is 16.6. The molecule has 5 heteroatoms. The van der Waals surface area contributed by atoms with Crippen LogP contribution in [0, 0.1) is 0 Å². The van der Waals surface area contributed by atoms with E-state index in [4.69, 9.17) is 19.4 Å². The van der Waals surface area contributed by atoms with Gasteiger partial charge in [-0.05, 0) is 99.1 Å². The number of nitrogens with zero attached hydrogens (tertiary/aromatic N) is 4. The van der Waals surface area contributed by atoms with Gasteiger partial charge in [0.25, 0.3) is 0 Å². The number of para-hydroxylation sites is 2. The Morgan fingerprint density at radius 2 is 0.855 bits per heavy atom. The highest BCUT2D eigenvalue weighted by Crippen LogP contribution is 2.58. The Hall–Kier alpha value is -9.19. The molecule has 0 saturated heterocycles. The van der Waals surface area contributed by atoms with Gasteiger partial charge in [0, 0.05) is 43.9 Å². The molecule has 0 N–H and O–H groups in total. The van der Waals surface area contributed by atoms with Crippen molar-refractivity contribution in [2.45, 2.75) is 5.41 Å². The molecule has 0 fully saturated rings. The zero-order chi connectivity index (χ0) is 45.5. The summed E-state index contributed by atoms with van der Waals surface area (Å²) in [6, 6.07) is 86.2. The standard InChI is InChI=1S/C64H40N4O/c1-5-18-41(19-6-1)61-65-62(67-63(66-61)52-28-17-30-55-60(52)51-27-13-15-29-54(51)64(55,45-20-7-2-8-21-45)46-22-9-3-10-23-46)44-33-36-50-49-35-32-43(39-58(49)69-59(50)40-44)42-34-37-57-53(38-42)48-26-14-16-31-56(48)68(57)47-24-11-4-12-25-47/h1-40H. The molecular weight excluding hydrogens is 841 g/mol. The van der Waals surface area contributed by atoms with E-state index in [1.165, 1.54) is 49.6 Å². The first-order chi connectivity index (χ1) is 34.2. The first-order valence-corrected chi connectivity index (χ1v) is 23.4. The van der Waals surface area contributed by atoms with Crippen molar-refractivity contribution < 1.29 is 4.42 Å². The molecule has 1 aliphatic rings. The van der Waals surface area contributed by atoms with Crippen LogP contribution in [0.25, 0.3) is 106 Å². The lowest BCUT2D eigenvalue weighted by Crippen LogP contribution is -2.28. The SMILES string of the molecule is c1ccc(-c2nc(-c3ccc4c(c3)oc3cc(-c5ccc6c(c5)c5ccccc5n6-c5ccccc5)ccc34)nc(-c3cccc4c3-c3ccccc3C4(c3ccccc3)c3ccccc3)n2)cc1. The first kappa shape index (κ1) is 39.0. The van der Waals surface area contributed by atoms with Crippen molar-refractivity contribution in [1.82, 2.24) is 19.5 Å². The third-order valence-electron chi connectivity index (χ3n) is 14.1. The lowest BCUT2D eigenvalue weighted by Gasteiger charge is -2.33. The highest BCUT2D eigenvalue weighted by molar-refractivity contribution is 6.11. The minimum absolute atomic E-state index is 0.551. The van der Waals surface area contributed by atoms with Gasteiger partial charge in [0.2, 0.25) is 0 Å². The Balaban J connectivity index is 0.907. The Morgan fingerprint density at radius 1 is 0.333 bits per heavy atom. The predicted molar refractivity (Wildman–Crippen MR) is 280 cm³/mol. The van der Waals surface area contributed by atoms with Crippen molar-refractivity contribution in [3.63, 3.8) is 0 Å². The molecule has 0 spiro atoms. The largest absolute Gasteiger partial charge is 0.456 e. The van der Waals surface area contributed by atoms with E-state index >= 15 is 0 Å².